The summed E-state index contributed by atoms with van der Waals surface area (Å²) in [6.45, 7) is 8.56. The third kappa shape index (κ3) is 3.49. The highest BCUT2D eigenvalue weighted by Gasteiger charge is 2.44. The lowest BCUT2D eigenvalue weighted by Gasteiger charge is -2.35. The second kappa shape index (κ2) is 7.97. The van der Waals surface area contributed by atoms with E-state index in [2.05, 4.69) is 15.4 Å². The number of aliphatic imine (C=N–C) groups is 1. The average Bonchev–Trinajstić information content (AvgIpc) is 3.09. The molecule has 0 aromatic carbocycles. The van der Waals surface area contributed by atoms with E-state index in [0.717, 1.165) is 41.9 Å². The van der Waals surface area contributed by atoms with Crippen molar-refractivity contribution in [3.05, 3.63) is 52.6 Å². The van der Waals surface area contributed by atoms with Crippen LogP contribution in [0.15, 0.2) is 40.8 Å². The van der Waals surface area contributed by atoms with Crippen molar-refractivity contribution in [2.24, 2.45) is 10.9 Å². The van der Waals surface area contributed by atoms with Gasteiger partial charge in [0.1, 0.15) is 11.6 Å². The molecule has 3 heterocycles. The molecule has 2 aromatic rings. The van der Waals surface area contributed by atoms with Gasteiger partial charge in [0, 0.05) is 53.3 Å². The molecule has 1 amide bonds. The topological polar surface area (TPSA) is 89.2 Å². The van der Waals surface area contributed by atoms with E-state index in [-0.39, 0.29) is 17.6 Å². The molecule has 1 N–H and O–H groups in total. The molecule has 1 aliphatic heterocycles. The third-order valence-corrected chi connectivity index (χ3v) is 6.08. The van der Waals surface area contributed by atoms with Crippen molar-refractivity contribution in [1.29, 1.82) is 0 Å². The summed E-state index contributed by atoms with van der Waals surface area (Å²) in [5, 5.41) is 7.39. The molecule has 7 heteroatoms. The molecule has 1 unspecified atom stereocenters. The molecule has 1 saturated carbocycles. The Morgan fingerprint density at radius 2 is 1.97 bits per heavy atom. The van der Waals surface area contributed by atoms with E-state index in [1.807, 2.05) is 38.4 Å². The second-order valence-corrected chi connectivity index (χ2v) is 8.05. The minimum Gasteiger partial charge on any atom is -0.307 e. The van der Waals surface area contributed by atoms with Gasteiger partial charge < -0.3 is 5.32 Å². The van der Waals surface area contributed by atoms with Crippen molar-refractivity contribution >= 4 is 23.2 Å². The first-order valence-corrected chi connectivity index (χ1v) is 10.5. The molecule has 0 saturated heterocycles. The molecule has 2 aliphatic rings. The molecule has 2 aromatic heterocycles. The summed E-state index contributed by atoms with van der Waals surface area (Å²) >= 11 is 0. The van der Waals surface area contributed by atoms with E-state index >= 15 is 0 Å². The minimum atomic E-state index is -0.401. The number of amides is 1. The smallest absolute Gasteiger partial charge is 0.255 e. The molecule has 0 bridgehead atoms. The Balaban J connectivity index is 1.80. The number of nitrogens with zero attached hydrogens (tertiary/aromatic N) is 4. The standard InChI is InChI=1S/C23H27N5O2/c1-5-28-15(4)16(12-25-28)21-20(23(30)27-19-10-9-13(2)11-24-19)14(3)26-17-7-6-8-18(29)22(17)21/h9-12,21-22H,5-8H2,1-4H3,(H,24,27,30)/t21-,22?/m1/s1. The fourth-order valence-corrected chi connectivity index (χ4v) is 4.56. The number of nitrogens with one attached hydrogen (secondary N) is 1. The van der Waals surface area contributed by atoms with E-state index in [1.165, 1.54) is 0 Å². The second-order valence-electron chi connectivity index (χ2n) is 8.05. The molecule has 30 heavy (non-hydrogen) atoms. The van der Waals surface area contributed by atoms with Gasteiger partial charge in [0.25, 0.3) is 5.91 Å². The van der Waals surface area contributed by atoms with Crippen LogP contribution in [0.2, 0.25) is 0 Å². The molecule has 4 rings (SSSR count). The summed E-state index contributed by atoms with van der Waals surface area (Å²) in [5.41, 5.74) is 5.00. The van der Waals surface area contributed by atoms with Crippen LogP contribution in [-0.2, 0) is 16.1 Å². The van der Waals surface area contributed by atoms with E-state index in [1.54, 1.807) is 18.5 Å². The van der Waals surface area contributed by atoms with Crippen LogP contribution in [0, 0.1) is 19.8 Å². The summed E-state index contributed by atoms with van der Waals surface area (Å²) in [5.74, 6) is -0.410. The summed E-state index contributed by atoms with van der Waals surface area (Å²) in [7, 11) is 0. The van der Waals surface area contributed by atoms with Crippen molar-refractivity contribution in [2.45, 2.75) is 59.4 Å². The molecule has 1 fully saturated rings. The lowest BCUT2D eigenvalue weighted by molar-refractivity contribution is -0.122. The molecule has 7 nitrogen and oxygen atoms in total. The highest BCUT2D eigenvalue weighted by atomic mass is 16.2. The van der Waals surface area contributed by atoms with Gasteiger partial charge in [-0.2, -0.15) is 5.10 Å². The molecule has 2 atom stereocenters. The van der Waals surface area contributed by atoms with Crippen molar-refractivity contribution in [1.82, 2.24) is 14.8 Å². The third-order valence-electron chi connectivity index (χ3n) is 6.08. The molecular weight excluding hydrogens is 378 g/mol. The molecule has 0 spiro atoms. The first-order chi connectivity index (χ1) is 14.4. The number of allylic oxidation sites excluding steroid dienone is 1. The average molecular weight is 406 g/mol. The Morgan fingerprint density at radius 1 is 1.17 bits per heavy atom. The van der Waals surface area contributed by atoms with Gasteiger partial charge in [-0.05, 0) is 52.2 Å². The summed E-state index contributed by atoms with van der Waals surface area (Å²) in [6.07, 6.45) is 5.65. The van der Waals surface area contributed by atoms with Crippen molar-refractivity contribution in [3.63, 3.8) is 0 Å². The summed E-state index contributed by atoms with van der Waals surface area (Å²) < 4.78 is 1.90. The summed E-state index contributed by atoms with van der Waals surface area (Å²) in [4.78, 5) is 35.4. The maximum absolute atomic E-state index is 13.4. The van der Waals surface area contributed by atoms with Gasteiger partial charge in [0.2, 0.25) is 0 Å². The Morgan fingerprint density at radius 3 is 2.63 bits per heavy atom. The monoisotopic (exact) mass is 405 g/mol. The zero-order valence-electron chi connectivity index (χ0n) is 17.9. The maximum Gasteiger partial charge on any atom is 0.255 e. The number of rotatable bonds is 4. The number of hydrogen-bond acceptors (Lipinski definition) is 5. The lowest BCUT2D eigenvalue weighted by atomic mass is 9.69. The van der Waals surface area contributed by atoms with E-state index in [0.29, 0.717) is 23.5 Å². The van der Waals surface area contributed by atoms with Gasteiger partial charge in [-0.3, -0.25) is 19.3 Å². The van der Waals surface area contributed by atoms with Gasteiger partial charge >= 0.3 is 0 Å². The van der Waals surface area contributed by atoms with Crippen molar-refractivity contribution in [3.8, 4) is 0 Å². The number of carbonyl (C=O) groups is 2. The van der Waals surface area contributed by atoms with Gasteiger partial charge in [-0.1, -0.05) is 6.07 Å². The molecule has 1 aliphatic carbocycles. The number of carbonyl (C=O) groups excluding carboxylic acids is 2. The zero-order valence-corrected chi connectivity index (χ0v) is 17.9. The number of anilines is 1. The normalized spacial score (nSPS) is 21.3. The van der Waals surface area contributed by atoms with Gasteiger partial charge in [-0.25, -0.2) is 4.98 Å². The van der Waals surface area contributed by atoms with E-state index in [4.69, 9.17) is 4.99 Å². The Kier molecular flexibility index (Phi) is 5.37. The van der Waals surface area contributed by atoms with Gasteiger partial charge in [-0.15, -0.1) is 0 Å². The SMILES string of the molecule is CCn1ncc([C@@H]2C(C(=O)Nc3ccc(C)cn3)=C(C)N=C3CCCC(=O)C32)c1C. The first kappa shape index (κ1) is 20.2. The number of Topliss-reactive ketones (excluding diaryl/α,β-unsaturated/α-hetero) is 1. The Bertz CT molecular complexity index is 1060. The lowest BCUT2D eigenvalue weighted by Crippen LogP contribution is -2.40. The number of aryl methyl sites for hydroxylation is 2. The van der Waals surface area contributed by atoms with Crippen LogP contribution in [0.5, 0.6) is 0 Å². The summed E-state index contributed by atoms with van der Waals surface area (Å²) in [6, 6.07) is 3.68. The number of fused-ring (bicyclic) bond motifs is 1. The highest BCUT2D eigenvalue weighted by Crippen LogP contribution is 2.43. The fourth-order valence-electron chi connectivity index (χ4n) is 4.56. The Labute approximate surface area is 176 Å². The largest absolute Gasteiger partial charge is 0.307 e. The van der Waals surface area contributed by atoms with Crippen LogP contribution < -0.4 is 5.32 Å². The molecule has 0 radical (unpaired) electrons. The van der Waals surface area contributed by atoms with Crippen LogP contribution in [0.25, 0.3) is 0 Å². The number of aromatic nitrogens is 3. The predicted octanol–water partition coefficient (Wildman–Crippen LogP) is 3.73. The first-order valence-electron chi connectivity index (χ1n) is 10.5. The zero-order chi connectivity index (χ0) is 21.4. The number of ketones is 1. The number of pyridine rings is 1. The van der Waals surface area contributed by atoms with Gasteiger partial charge in [0.15, 0.2) is 0 Å². The van der Waals surface area contributed by atoms with E-state index < -0.39 is 5.92 Å². The van der Waals surface area contributed by atoms with E-state index in [9.17, 15) is 9.59 Å². The predicted molar refractivity (Wildman–Crippen MR) is 115 cm³/mol. The molecular formula is C23H27N5O2. The van der Waals surface area contributed by atoms with Crippen molar-refractivity contribution in [2.75, 3.05) is 5.32 Å². The van der Waals surface area contributed by atoms with Crippen LogP contribution in [0.1, 0.15) is 55.8 Å². The highest BCUT2D eigenvalue weighted by molar-refractivity contribution is 6.13. The maximum atomic E-state index is 13.4. The van der Waals surface area contributed by atoms with Crippen LogP contribution in [0.4, 0.5) is 5.82 Å². The van der Waals surface area contributed by atoms with Crippen molar-refractivity contribution < 1.29 is 9.59 Å². The molecule has 156 valence electrons. The number of hydrogen-bond donors (Lipinski definition) is 1. The quantitative estimate of drug-likeness (QED) is 0.839. The minimum absolute atomic E-state index is 0.153. The van der Waals surface area contributed by atoms with Crippen LogP contribution in [-0.4, -0.2) is 32.2 Å². The fraction of sp³-hybridized carbons (Fsp3) is 0.435. The Hall–Kier alpha value is -3.09. The van der Waals surface area contributed by atoms with Gasteiger partial charge in [0.05, 0.1) is 12.1 Å². The van der Waals surface area contributed by atoms with Crippen LogP contribution >= 0.6 is 0 Å². The van der Waals surface area contributed by atoms with Crippen LogP contribution in [0.3, 0.4) is 0 Å².